The van der Waals surface area contributed by atoms with E-state index in [1.165, 1.54) is 11.8 Å². The molecule has 2 rings (SSSR count). The highest BCUT2D eigenvalue weighted by Crippen LogP contribution is 2.16. The van der Waals surface area contributed by atoms with Crippen molar-refractivity contribution in [1.29, 1.82) is 0 Å². The summed E-state index contributed by atoms with van der Waals surface area (Å²) >= 11 is 5.83. The minimum Gasteiger partial charge on any atom is -0.338 e. The Morgan fingerprint density at radius 2 is 1.80 bits per heavy atom. The number of anilines is 1. The Hall–Kier alpha value is -2.47. The van der Waals surface area contributed by atoms with Gasteiger partial charge in [0.25, 0.3) is 0 Å². The van der Waals surface area contributed by atoms with E-state index in [0.717, 1.165) is 17.7 Å². The quantitative estimate of drug-likeness (QED) is 0.840. The molecule has 0 aromatic heterocycles. The highest BCUT2D eigenvalue weighted by atomic mass is 35.5. The molecule has 25 heavy (non-hydrogen) atoms. The fraction of sp³-hybridized carbons (Fsp3) is 0.222. The predicted octanol–water partition coefficient (Wildman–Crippen LogP) is 4.00. The smallest absolute Gasteiger partial charge is 0.226 e. The van der Waals surface area contributed by atoms with Crippen molar-refractivity contribution in [2.75, 3.05) is 11.9 Å². The Morgan fingerprint density at radius 1 is 1.12 bits per heavy atom. The van der Waals surface area contributed by atoms with E-state index in [1.54, 1.807) is 24.3 Å². The molecule has 2 aromatic carbocycles. The van der Waals surface area contributed by atoms with Crippen molar-refractivity contribution in [3.8, 4) is 0 Å². The zero-order valence-corrected chi connectivity index (χ0v) is 14.3. The van der Waals surface area contributed by atoms with Crippen LogP contribution in [0.5, 0.6) is 0 Å². The minimum absolute atomic E-state index is 0.00993. The standard InChI is InChI=1S/C18H17ClF2N2O2/c1-12(24)23(11-13-2-4-14(19)5-3-13)9-8-18(25)22-17-7-6-15(20)10-16(17)21/h2-7,10H,8-9,11H2,1H3,(H,22,25). The van der Waals surface area contributed by atoms with Gasteiger partial charge in [-0.3, -0.25) is 9.59 Å². The summed E-state index contributed by atoms with van der Waals surface area (Å²) in [4.78, 5) is 25.2. The molecular formula is C18H17ClF2N2O2. The van der Waals surface area contributed by atoms with Crippen LogP contribution in [0.15, 0.2) is 42.5 Å². The highest BCUT2D eigenvalue weighted by molar-refractivity contribution is 6.30. The molecule has 0 spiro atoms. The van der Waals surface area contributed by atoms with Crippen molar-refractivity contribution < 1.29 is 18.4 Å². The van der Waals surface area contributed by atoms with Crippen LogP contribution in [0.3, 0.4) is 0 Å². The van der Waals surface area contributed by atoms with Gasteiger partial charge in [-0.15, -0.1) is 0 Å². The summed E-state index contributed by atoms with van der Waals surface area (Å²) in [5.74, 6) is -2.22. The van der Waals surface area contributed by atoms with Crippen LogP contribution in [0.1, 0.15) is 18.9 Å². The van der Waals surface area contributed by atoms with Crippen molar-refractivity contribution >= 4 is 29.1 Å². The fourth-order valence-electron chi connectivity index (χ4n) is 2.20. The van der Waals surface area contributed by atoms with Crippen molar-refractivity contribution in [2.45, 2.75) is 19.9 Å². The van der Waals surface area contributed by atoms with Gasteiger partial charge in [0.15, 0.2) is 0 Å². The molecule has 1 N–H and O–H groups in total. The van der Waals surface area contributed by atoms with E-state index in [1.807, 2.05) is 0 Å². The Labute approximate surface area is 149 Å². The lowest BCUT2D eigenvalue weighted by Gasteiger charge is -2.21. The molecule has 0 fully saturated rings. The van der Waals surface area contributed by atoms with Crippen molar-refractivity contribution in [3.63, 3.8) is 0 Å². The molecular weight excluding hydrogens is 350 g/mol. The summed E-state index contributed by atoms with van der Waals surface area (Å²) in [5.41, 5.74) is 0.781. The van der Waals surface area contributed by atoms with Gasteiger partial charge in [-0.1, -0.05) is 23.7 Å². The fourth-order valence-corrected chi connectivity index (χ4v) is 2.32. The maximum Gasteiger partial charge on any atom is 0.226 e. The van der Waals surface area contributed by atoms with Crippen LogP contribution in [0.25, 0.3) is 0 Å². The lowest BCUT2D eigenvalue weighted by atomic mass is 10.2. The van der Waals surface area contributed by atoms with Gasteiger partial charge in [0.2, 0.25) is 11.8 Å². The number of benzene rings is 2. The number of rotatable bonds is 6. The predicted molar refractivity (Wildman–Crippen MR) is 92.1 cm³/mol. The molecule has 2 amide bonds. The summed E-state index contributed by atoms with van der Waals surface area (Å²) in [6.07, 6.45) is -0.00993. The third-order valence-electron chi connectivity index (χ3n) is 3.55. The number of carbonyl (C=O) groups excluding carboxylic acids is 2. The van der Waals surface area contributed by atoms with Gasteiger partial charge in [-0.2, -0.15) is 0 Å². The van der Waals surface area contributed by atoms with Gasteiger partial charge in [0, 0.05) is 37.5 Å². The molecule has 4 nitrogen and oxygen atoms in total. The van der Waals surface area contributed by atoms with E-state index in [-0.39, 0.29) is 24.6 Å². The number of nitrogens with one attached hydrogen (secondary N) is 1. The molecule has 132 valence electrons. The van der Waals surface area contributed by atoms with Crippen LogP contribution in [0.4, 0.5) is 14.5 Å². The molecule has 0 atom stereocenters. The van der Waals surface area contributed by atoms with E-state index >= 15 is 0 Å². The Morgan fingerprint density at radius 3 is 2.40 bits per heavy atom. The van der Waals surface area contributed by atoms with Crippen LogP contribution in [-0.2, 0) is 16.1 Å². The SMILES string of the molecule is CC(=O)N(CCC(=O)Nc1ccc(F)cc1F)Cc1ccc(Cl)cc1. The summed E-state index contributed by atoms with van der Waals surface area (Å²) in [6, 6.07) is 9.94. The number of nitrogens with zero attached hydrogens (tertiary/aromatic N) is 1. The maximum atomic E-state index is 13.5. The molecule has 0 saturated heterocycles. The largest absolute Gasteiger partial charge is 0.338 e. The Kier molecular flexibility index (Phi) is 6.47. The maximum absolute atomic E-state index is 13.5. The molecule has 0 heterocycles. The van der Waals surface area contributed by atoms with E-state index in [9.17, 15) is 18.4 Å². The van der Waals surface area contributed by atoms with Gasteiger partial charge >= 0.3 is 0 Å². The van der Waals surface area contributed by atoms with Gasteiger partial charge in [-0.25, -0.2) is 8.78 Å². The summed E-state index contributed by atoms with van der Waals surface area (Å²) in [6.45, 7) is 1.92. The van der Waals surface area contributed by atoms with Crippen molar-refractivity contribution in [1.82, 2.24) is 4.90 Å². The lowest BCUT2D eigenvalue weighted by molar-refractivity contribution is -0.129. The first-order chi connectivity index (χ1) is 11.8. The van der Waals surface area contributed by atoms with Crippen LogP contribution < -0.4 is 5.32 Å². The van der Waals surface area contributed by atoms with E-state index < -0.39 is 17.5 Å². The van der Waals surface area contributed by atoms with E-state index in [0.29, 0.717) is 17.6 Å². The Bertz CT molecular complexity index is 766. The number of carbonyl (C=O) groups is 2. The molecule has 0 radical (unpaired) electrons. The van der Waals surface area contributed by atoms with Crippen molar-refractivity contribution in [3.05, 3.63) is 64.7 Å². The molecule has 0 aliphatic carbocycles. The zero-order valence-electron chi connectivity index (χ0n) is 13.6. The highest BCUT2D eigenvalue weighted by Gasteiger charge is 2.13. The topological polar surface area (TPSA) is 49.4 Å². The zero-order chi connectivity index (χ0) is 18.4. The van der Waals surface area contributed by atoms with Crippen LogP contribution >= 0.6 is 11.6 Å². The molecule has 0 bridgehead atoms. The van der Waals surface area contributed by atoms with Crippen LogP contribution in [0, 0.1) is 11.6 Å². The third-order valence-corrected chi connectivity index (χ3v) is 3.80. The number of hydrogen-bond acceptors (Lipinski definition) is 2. The molecule has 0 aliphatic rings. The molecule has 0 saturated carbocycles. The third kappa shape index (κ3) is 5.83. The average molecular weight is 367 g/mol. The second kappa shape index (κ2) is 8.58. The van der Waals surface area contributed by atoms with E-state index in [2.05, 4.69) is 5.32 Å². The molecule has 0 unspecified atom stereocenters. The summed E-state index contributed by atoms with van der Waals surface area (Å²) < 4.78 is 26.4. The van der Waals surface area contributed by atoms with E-state index in [4.69, 9.17) is 11.6 Å². The van der Waals surface area contributed by atoms with Crippen LogP contribution in [-0.4, -0.2) is 23.3 Å². The normalized spacial score (nSPS) is 10.4. The van der Waals surface area contributed by atoms with Gasteiger partial charge < -0.3 is 10.2 Å². The monoisotopic (exact) mass is 366 g/mol. The summed E-state index contributed by atoms with van der Waals surface area (Å²) in [7, 11) is 0. The first-order valence-electron chi connectivity index (χ1n) is 7.60. The van der Waals surface area contributed by atoms with Gasteiger partial charge in [-0.05, 0) is 29.8 Å². The number of amides is 2. The molecule has 2 aromatic rings. The van der Waals surface area contributed by atoms with Crippen molar-refractivity contribution in [2.24, 2.45) is 0 Å². The van der Waals surface area contributed by atoms with Gasteiger partial charge in [0.1, 0.15) is 11.6 Å². The van der Waals surface area contributed by atoms with Crippen LogP contribution in [0.2, 0.25) is 5.02 Å². The number of hydrogen-bond donors (Lipinski definition) is 1. The first kappa shape index (κ1) is 18.9. The first-order valence-corrected chi connectivity index (χ1v) is 7.98. The second-order valence-electron chi connectivity index (χ2n) is 5.49. The Balaban J connectivity index is 1.92. The average Bonchev–Trinajstić information content (AvgIpc) is 2.55. The number of halogens is 3. The molecule has 0 aliphatic heterocycles. The minimum atomic E-state index is -0.849. The second-order valence-corrected chi connectivity index (χ2v) is 5.93. The summed E-state index contributed by atoms with van der Waals surface area (Å²) in [5, 5.41) is 2.96. The lowest BCUT2D eigenvalue weighted by Crippen LogP contribution is -2.31. The molecule has 7 heteroatoms. The van der Waals surface area contributed by atoms with Gasteiger partial charge in [0.05, 0.1) is 5.69 Å².